The van der Waals surface area contributed by atoms with Gasteiger partial charge in [0.2, 0.25) is 0 Å². The van der Waals surface area contributed by atoms with Crippen molar-refractivity contribution >= 4 is 5.97 Å². The fourth-order valence-electron chi connectivity index (χ4n) is 1.92. The minimum Gasteiger partial charge on any atom is -0.481 e. The molecule has 0 amide bonds. The van der Waals surface area contributed by atoms with E-state index in [2.05, 4.69) is 6.07 Å². The first-order valence-electron chi connectivity index (χ1n) is 5.41. The van der Waals surface area contributed by atoms with E-state index in [0.29, 0.717) is 19.6 Å². The number of rotatable bonds is 3. The van der Waals surface area contributed by atoms with Crippen LogP contribution in [-0.4, -0.2) is 11.1 Å². The second kappa shape index (κ2) is 3.91. The summed E-state index contributed by atoms with van der Waals surface area (Å²) in [6.07, 6.45) is 0.551. The van der Waals surface area contributed by atoms with Crippen LogP contribution in [0.4, 0.5) is 0 Å². The van der Waals surface area contributed by atoms with Crippen molar-refractivity contribution in [2.24, 2.45) is 5.41 Å². The standard InChI is InChI=1S/C13H16O3/c1-13(2,12(14)15)6-9-3-4-10-7-16-8-11(10)5-9/h3-5H,6-8H2,1-2H3,(H,14,15). The highest BCUT2D eigenvalue weighted by atomic mass is 16.5. The SMILES string of the molecule is CC(C)(Cc1ccc2c(c1)COC2)C(=O)O. The molecule has 0 aliphatic carbocycles. The summed E-state index contributed by atoms with van der Waals surface area (Å²) in [6.45, 7) is 4.83. The molecule has 3 nitrogen and oxygen atoms in total. The molecule has 16 heavy (non-hydrogen) atoms. The number of ether oxygens (including phenoxy) is 1. The molecule has 0 saturated carbocycles. The van der Waals surface area contributed by atoms with Gasteiger partial charge in [-0.15, -0.1) is 0 Å². The Morgan fingerprint density at radius 3 is 2.75 bits per heavy atom. The van der Waals surface area contributed by atoms with Crippen molar-refractivity contribution in [3.63, 3.8) is 0 Å². The largest absolute Gasteiger partial charge is 0.481 e. The lowest BCUT2D eigenvalue weighted by atomic mass is 9.85. The summed E-state index contributed by atoms with van der Waals surface area (Å²) in [4.78, 5) is 11.0. The molecule has 1 aliphatic rings. The van der Waals surface area contributed by atoms with Crippen molar-refractivity contribution in [3.05, 3.63) is 34.9 Å². The first-order chi connectivity index (χ1) is 7.49. The van der Waals surface area contributed by atoms with Crippen LogP contribution in [0.15, 0.2) is 18.2 Å². The molecule has 0 saturated heterocycles. The van der Waals surface area contributed by atoms with E-state index in [4.69, 9.17) is 9.84 Å². The number of benzene rings is 1. The number of hydrogen-bond donors (Lipinski definition) is 1. The zero-order valence-corrected chi connectivity index (χ0v) is 9.62. The van der Waals surface area contributed by atoms with Crippen molar-refractivity contribution < 1.29 is 14.6 Å². The van der Waals surface area contributed by atoms with Gasteiger partial charge in [-0.3, -0.25) is 4.79 Å². The van der Waals surface area contributed by atoms with Gasteiger partial charge in [-0.05, 0) is 37.0 Å². The van der Waals surface area contributed by atoms with E-state index in [-0.39, 0.29) is 0 Å². The third kappa shape index (κ3) is 2.09. The van der Waals surface area contributed by atoms with E-state index in [1.54, 1.807) is 13.8 Å². The van der Waals surface area contributed by atoms with Crippen molar-refractivity contribution in [2.75, 3.05) is 0 Å². The van der Waals surface area contributed by atoms with Gasteiger partial charge < -0.3 is 9.84 Å². The molecule has 1 aromatic rings. The van der Waals surface area contributed by atoms with E-state index in [0.717, 1.165) is 5.56 Å². The number of carboxylic acids is 1. The zero-order chi connectivity index (χ0) is 11.8. The highest BCUT2D eigenvalue weighted by Gasteiger charge is 2.27. The third-order valence-corrected chi connectivity index (χ3v) is 3.01. The first-order valence-corrected chi connectivity index (χ1v) is 5.41. The summed E-state index contributed by atoms with van der Waals surface area (Å²) in [5.41, 5.74) is 2.76. The quantitative estimate of drug-likeness (QED) is 0.850. The topological polar surface area (TPSA) is 46.5 Å². The van der Waals surface area contributed by atoms with Crippen LogP contribution in [0.3, 0.4) is 0 Å². The van der Waals surface area contributed by atoms with Gasteiger partial charge in [0.15, 0.2) is 0 Å². The maximum Gasteiger partial charge on any atom is 0.309 e. The molecule has 0 radical (unpaired) electrons. The predicted octanol–water partition coefficient (Wildman–Crippen LogP) is 2.37. The Labute approximate surface area is 95.0 Å². The van der Waals surface area contributed by atoms with Gasteiger partial charge in [0.1, 0.15) is 0 Å². The van der Waals surface area contributed by atoms with Crippen molar-refractivity contribution in [2.45, 2.75) is 33.5 Å². The first kappa shape index (κ1) is 11.1. The number of aliphatic carboxylic acids is 1. The molecule has 1 N–H and O–H groups in total. The molecular weight excluding hydrogens is 204 g/mol. The maximum atomic E-state index is 11.0. The van der Waals surface area contributed by atoms with E-state index in [9.17, 15) is 4.79 Å². The van der Waals surface area contributed by atoms with Gasteiger partial charge in [0.25, 0.3) is 0 Å². The fraction of sp³-hybridized carbons (Fsp3) is 0.462. The van der Waals surface area contributed by atoms with E-state index in [1.807, 2.05) is 12.1 Å². The number of carbonyl (C=O) groups is 1. The molecule has 3 heteroatoms. The molecule has 0 atom stereocenters. The molecule has 1 aromatic carbocycles. The monoisotopic (exact) mass is 220 g/mol. The maximum absolute atomic E-state index is 11.0. The van der Waals surface area contributed by atoms with Gasteiger partial charge in [-0.2, -0.15) is 0 Å². The Bertz CT molecular complexity index is 421. The number of fused-ring (bicyclic) bond motifs is 1. The summed E-state index contributed by atoms with van der Waals surface area (Å²) in [5.74, 6) is -0.760. The lowest BCUT2D eigenvalue weighted by molar-refractivity contribution is -0.146. The Kier molecular flexibility index (Phi) is 2.72. The minimum absolute atomic E-state index is 0.551. The van der Waals surface area contributed by atoms with Crippen molar-refractivity contribution in [1.82, 2.24) is 0 Å². The Balaban J connectivity index is 2.20. The van der Waals surface area contributed by atoms with Gasteiger partial charge in [-0.1, -0.05) is 18.2 Å². The molecule has 0 spiro atoms. The predicted molar refractivity (Wildman–Crippen MR) is 60.1 cm³/mol. The smallest absolute Gasteiger partial charge is 0.309 e. The minimum atomic E-state index is -0.760. The third-order valence-electron chi connectivity index (χ3n) is 3.01. The van der Waals surface area contributed by atoms with Gasteiger partial charge in [-0.25, -0.2) is 0 Å². The van der Waals surface area contributed by atoms with Crippen LogP contribution in [0, 0.1) is 5.41 Å². The lowest BCUT2D eigenvalue weighted by Crippen LogP contribution is -2.26. The lowest BCUT2D eigenvalue weighted by Gasteiger charge is -2.19. The molecule has 86 valence electrons. The van der Waals surface area contributed by atoms with Crippen LogP contribution in [0.2, 0.25) is 0 Å². The van der Waals surface area contributed by atoms with Crippen LogP contribution in [0.25, 0.3) is 0 Å². The van der Waals surface area contributed by atoms with E-state index in [1.165, 1.54) is 11.1 Å². The zero-order valence-electron chi connectivity index (χ0n) is 9.62. The molecule has 1 heterocycles. The number of hydrogen-bond acceptors (Lipinski definition) is 2. The fourth-order valence-corrected chi connectivity index (χ4v) is 1.92. The van der Waals surface area contributed by atoms with Gasteiger partial charge in [0, 0.05) is 0 Å². The van der Waals surface area contributed by atoms with E-state index < -0.39 is 11.4 Å². The molecule has 0 aromatic heterocycles. The van der Waals surface area contributed by atoms with Gasteiger partial charge in [0.05, 0.1) is 18.6 Å². The summed E-state index contributed by atoms with van der Waals surface area (Å²) in [7, 11) is 0. The summed E-state index contributed by atoms with van der Waals surface area (Å²) in [6, 6.07) is 6.10. The molecule has 1 aliphatic heterocycles. The number of carboxylic acid groups (broad SMARTS) is 1. The molecule has 0 unspecified atom stereocenters. The van der Waals surface area contributed by atoms with Crippen LogP contribution in [-0.2, 0) is 29.2 Å². The average molecular weight is 220 g/mol. The van der Waals surface area contributed by atoms with Crippen LogP contribution >= 0.6 is 0 Å². The van der Waals surface area contributed by atoms with E-state index >= 15 is 0 Å². The Morgan fingerprint density at radius 1 is 1.38 bits per heavy atom. The highest BCUT2D eigenvalue weighted by molar-refractivity contribution is 5.74. The second-order valence-electron chi connectivity index (χ2n) is 4.96. The van der Waals surface area contributed by atoms with Crippen LogP contribution in [0.5, 0.6) is 0 Å². The summed E-state index contributed by atoms with van der Waals surface area (Å²) < 4.78 is 5.33. The summed E-state index contributed by atoms with van der Waals surface area (Å²) >= 11 is 0. The molecule has 0 fully saturated rings. The van der Waals surface area contributed by atoms with Gasteiger partial charge >= 0.3 is 5.97 Å². The normalized spacial score (nSPS) is 14.9. The highest BCUT2D eigenvalue weighted by Crippen LogP contribution is 2.26. The van der Waals surface area contributed by atoms with Crippen molar-refractivity contribution in [3.8, 4) is 0 Å². The Hall–Kier alpha value is -1.35. The van der Waals surface area contributed by atoms with Crippen LogP contribution in [0.1, 0.15) is 30.5 Å². The second-order valence-corrected chi connectivity index (χ2v) is 4.96. The van der Waals surface area contributed by atoms with Crippen molar-refractivity contribution in [1.29, 1.82) is 0 Å². The molecular formula is C13H16O3. The van der Waals surface area contributed by atoms with Crippen LogP contribution < -0.4 is 0 Å². The Morgan fingerprint density at radius 2 is 2.06 bits per heavy atom. The molecule has 0 bridgehead atoms. The summed E-state index contributed by atoms with van der Waals surface area (Å²) in [5, 5.41) is 9.07. The average Bonchev–Trinajstić information content (AvgIpc) is 2.63. The molecule has 2 rings (SSSR count).